The summed E-state index contributed by atoms with van der Waals surface area (Å²) >= 11 is 2.01. The molecule has 1 saturated heterocycles. The van der Waals surface area contributed by atoms with Gasteiger partial charge in [-0.05, 0) is 49.3 Å². The summed E-state index contributed by atoms with van der Waals surface area (Å²) in [6.45, 7) is 0.931. The molecule has 1 fully saturated rings. The van der Waals surface area contributed by atoms with Gasteiger partial charge < -0.3 is 5.32 Å². The molecule has 3 N–H and O–H groups in total. The molecule has 0 aliphatic carbocycles. The van der Waals surface area contributed by atoms with Crippen molar-refractivity contribution in [2.24, 2.45) is 5.14 Å². The Balaban J connectivity index is 1.80. The molecule has 4 nitrogen and oxygen atoms in total. The summed E-state index contributed by atoms with van der Waals surface area (Å²) in [7, 11) is -3.58. The van der Waals surface area contributed by atoms with Gasteiger partial charge in [-0.1, -0.05) is 12.1 Å². The molecule has 1 heterocycles. The average Bonchev–Trinajstić information content (AvgIpc) is 2.39. The number of rotatable bonds is 5. The van der Waals surface area contributed by atoms with E-state index in [1.165, 1.54) is 24.3 Å². The molecular formula is C13H20N2O2S2. The van der Waals surface area contributed by atoms with Crippen molar-refractivity contribution in [3.63, 3.8) is 0 Å². The van der Waals surface area contributed by atoms with Crippen molar-refractivity contribution in [3.05, 3.63) is 29.8 Å². The average molecular weight is 300 g/mol. The molecule has 1 unspecified atom stereocenters. The minimum Gasteiger partial charge on any atom is -0.313 e. The van der Waals surface area contributed by atoms with Gasteiger partial charge in [-0.3, -0.25) is 0 Å². The predicted octanol–water partition coefficient (Wildman–Crippen LogP) is 1.36. The maximum absolute atomic E-state index is 11.1. The van der Waals surface area contributed by atoms with Crippen LogP contribution >= 0.6 is 11.8 Å². The molecule has 1 atom stereocenters. The Hall–Kier alpha value is -0.560. The predicted molar refractivity (Wildman–Crippen MR) is 79.9 cm³/mol. The van der Waals surface area contributed by atoms with Gasteiger partial charge in [-0.25, -0.2) is 13.6 Å². The van der Waals surface area contributed by atoms with Crippen LogP contribution in [0.3, 0.4) is 0 Å². The van der Waals surface area contributed by atoms with Gasteiger partial charge in [0.25, 0.3) is 0 Å². The van der Waals surface area contributed by atoms with Crippen LogP contribution in [0, 0.1) is 0 Å². The molecule has 19 heavy (non-hydrogen) atoms. The van der Waals surface area contributed by atoms with Gasteiger partial charge >= 0.3 is 0 Å². The monoisotopic (exact) mass is 300 g/mol. The lowest BCUT2D eigenvalue weighted by molar-refractivity contribution is 0.511. The van der Waals surface area contributed by atoms with Crippen molar-refractivity contribution in [3.8, 4) is 0 Å². The van der Waals surface area contributed by atoms with E-state index in [0.29, 0.717) is 6.04 Å². The van der Waals surface area contributed by atoms with Gasteiger partial charge in [0.1, 0.15) is 0 Å². The maximum atomic E-state index is 11.1. The standard InChI is InChI=1S/C13H20N2O2S2/c14-19(16,17)13-5-3-11(4-6-13)7-8-15-12-2-1-9-18-10-12/h3-6,12,15H,1-2,7-10H2,(H2,14,16,17). The Bertz CT molecular complexity index is 494. The number of nitrogens with one attached hydrogen (secondary N) is 1. The Morgan fingerprint density at radius 2 is 2.05 bits per heavy atom. The van der Waals surface area contributed by atoms with Gasteiger partial charge in [0, 0.05) is 11.8 Å². The summed E-state index contributed by atoms with van der Waals surface area (Å²) in [6, 6.07) is 7.43. The second-order valence-corrected chi connectivity index (χ2v) is 7.52. The molecule has 106 valence electrons. The lowest BCUT2D eigenvalue weighted by Gasteiger charge is -2.22. The molecule has 0 spiro atoms. The van der Waals surface area contributed by atoms with Gasteiger partial charge in [0.15, 0.2) is 0 Å². The van der Waals surface area contributed by atoms with Crippen molar-refractivity contribution in [1.82, 2.24) is 5.32 Å². The van der Waals surface area contributed by atoms with Crippen molar-refractivity contribution in [2.45, 2.75) is 30.2 Å². The third kappa shape index (κ3) is 4.80. The smallest absolute Gasteiger partial charge is 0.238 e. The lowest BCUT2D eigenvalue weighted by Crippen LogP contribution is -2.35. The zero-order valence-electron chi connectivity index (χ0n) is 10.8. The van der Waals surface area contributed by atoms with Gasteiger partial charge in [-0.2, -0.15) is 11.8 Å². The number of nitrogens with two attached hydrogens (primary N) is 1. The topological polar surface area (TPSA) is 72.2 Å². The molecular weight excluding hydrogens is 280 g/mol. The van der Waals surface area contributed by atoms with Crippen LogP contribution in [-0.2, 0) is 16.4 Å². The first-order valence-corrected chi connectivity index (χ1v) is 9.19. The van der Waals surface area contributed by atoms with Crippen LogP contribution in [0.4, 0.5) is 0 Å². The molecule has 0 bridgehead atoms. The highest BCUT2D eigenvalue weighted by molar-refractivity contribution is 7.99. The first kappa shape index (κ1) is 14.8. The fourth-order valence-electron chi connectivity index (χ4n) is 2.17. The first-order valence-electron chi connectivity index (χ1n) is 6.48. The van der Waals surface area contributed by atoms with E-state index in [1.54, 1.807) is 12.1 Å². The Morgan fingerprint density at radius 1 is 1.32 bits per heavy atom. The number of hydrogen-bond acceptors (Lipinski definition) is 4. The van der Waals surface area contributed by atoms with Crippen LogP contribution in [0.25, 0.3) is 0 Å². The number of benzene rings is 1. The number of hydrogen-bond donors (Lipinski definition) is 2. The molecule has 1 aromatic rings. The molecule has 1 aromatic carbocycles. The van der Waals surface area contributed by atoms with Gasteiger partial charge in [-0.15, -0.1) is 0 Å². The quantitative estimate of drug-likeness (QED) is 0.861. The fraction of sp³-hybridized carbons (Fsp3) is 0.538. The van der Waals surface area contributed by atoms with Gasteiger partial charge in [0.2, 0.25) is 10.0 Å². The van der Waals surface area contributed by atoms with Crippen LogP contribution < -0.4 is 10.5 Å². The molecule has 6 heteroatoms. The highest BCUT2D eigenvalue weighted by atomic mass is 32.2. The molecule has 2 rings (SSSR count). The highest BCUT2D eigenvalue weighted by Crippen LogP contribution is 2.16. The summed E-state index contributed by atoms with van der Waals surface area (Å²) < 4.78 is 22.3. The van der Waals surface area contributed by atoms with E-state index in [-0.39, 0.29) is 4.90 Å². The second-order valence-electron chi connectivity index (χ2n) is 4.81. The summed E-state index contributed by atoms with van der Waals surface area (Å²) in [5.74, 6) is 2.48. The lowest BCUT2D eigenvalue weighted by atomic mass is 10.1. The van der Waals surface area contributed by atoms with Crippen molar-refractivity contribution < 1.29 is 8.42 Å². The molecule has 0 saturated carbocycles. The van der Waals surface area contributed by atoms with E-state index in [2.05, 4.69) is 5.32 Å². The third-order valence-corrected chi connectivity index (χ3v) is 5.40. The SMILES string of the molecule is NS(=O)(=O)c1ccc(CCNC2CCCSC2)cc1. The number of primary sulfonamides is 1. The van der Waals surface area contributed by atoms with E-state index in [1.807, 2.05) is 23.9 Å². The van der Waals surface area contributed by atoms with Crippen LogP contribution in [0.15, 0.2) is 29.2 Å². The Kier molecular flexibility index (Phi) is 5.27. The molecule has 0 radical (unpaired) electrons. The zero-order valence-corrected chi connectivity index (χ0v) is 12.5. The Morgan fingerprint density at radius 3 is 2.63 bits per heavy atom. The molecule has 0 amide bonds. The number of sulfonamides is 1. The van der Waals surface area contributed by atoms with Gasteiger partial charge in [0.05, 0.1) is 4.90 Å². The van der Waals surface area contributed by atoms with Crippen LogP contribution in [0.5, 0.6) is 0 Å². The largest absolute Gasteiger partial charge is 0.313 e. The molecule has 1 aliphatic rings. The Labute approximate surface area is 119 Å². The minimum atomic E-state index is -3.58. The van der Waals surface area contributed by atoms with Crippen LogP contribution in [0.2, 0.25) is 0 Å². The van der Waals surface area contributed by atoms with E-state index < -0.39 is 10.0 Å². The van der Waals surface area contributed by atoms with Crippen molar-refractivity contribution in [1.29, 1.82) is 0 Å². The minimum absolute atomic E-state index is 0.174. The zero-order chi connectivity index (χ0) is 13.7. The highest BCUT2D eigenvalue weighted by Gasteiger charge is 2.12. The fourth-order valence-corrected chi connectivity index (χ4v) is 3.79. The van der Waals surface area contributed by atoms with Crippen LogP contribution in [0.1, 0.15) is 18.4 Å². The molecule has 1 aliphatic heterocycles. The van der Waals surface area contributed by atoms with E-state index in [4.69, 9.17) is 5.14 Å². The summed E-state index contributed by atoms with van der Waals surface area (Å²) in [5, 5.41) is 8.61. The third-order valence-electron chi connectivity index (χ3n) is 3.26. The van der Waals surface area contributed by atoms with Crippen molar-refractivity contribution >= 4 is 21.8 Å². The second kappa shape index (κ2) is 6.74. The normalized spacial score (nSPS) is 20.4. The van der Waals surface area contributed by atoms with E-state index >= 15 is 0 Å². The summed E-state index contributed by atoms with van der Waals surface area (Å²) in [4.78, 5) is 0.174. The van der Waals surface area contributed by atoms with Crippen LogP contribution in [-0.4, -0.2) is 32.5 Å². The van der Waals surface area contributed by atoms with E-state index in [0.717, 1.165) is 18.5 Å². The van der Waals surface area contributed by atoms with E-state index in [9.17, 15) is 8.42 Å². The summed E-state index contributed by atoms with van der Waals surface area (Å²) in [5.41, 5.74) is 1.13. The summed E-state index contributed by atoms with van der Waals surface area (Å²) in [6.07, 6.45) is 3.47. The maximum Gasteiger partial charge on any atom is 0.238 e. The van der Waals surface area contributed by atoms with Crippen molar-refractivity contribution in [2.75, 3.05) is 18.1 Å². The molecule has 0 aromatic heterocycles. The first-order chi connectivity index (χ1) is 9.05. The number of thioether (sulfide) groups is 1.